The SMILES string of the molecule is CS(=O)(=O)C1CCOc2cc3sc(C(=O)Oc4coc5ccnc6c7c(cc(c4)c56)N=CC=7)cc3cc21. The van der Waals surface area contributed by atoms with Crippen LogP contribution in [-0.4, -0.2) is 38.4 Å². The number of carbonyl (C=O) groups excluding carboxylic acids is 1. The Hall–Kier alpha value is -4.02. The average molecular weight is 531 g/mol. The number of carbonyl (C=O) groups is 1. The van der Waals surface area contributed by atoms with Crippen LogP contribution in [0.2, 0.25) is 0 Å². The topological polar surface area (TPSA) is 108 Å². The smallest absolute Gasteiger partial charge is 0.353 e. The molecule has 10 heteroatoms. The van der Waals surface area contributed by atoms with Crippen molar-refractivity contribution in [1.29, 1.82) is 0 Å². The van der Waals surface area contributed by atoms with E-state index >= 15 is 0 Å². The summed E-state index contributed by atoms with van der Waals surface area (Å²) < 4.78 is 42.7. The number of nitrogens with zero attached hydrogens (tertiary/aromatic N) is 2. The van der Waals surface area contributed by atoms with Crippen LogP contribution in [0.15, 0.2) is 58.3 Å². The third-order valence-corrected chi connectivity index (χ3v) is 9.24. The van der Waals surface area contributed by atoms with Crippen LogP contribution in [0.25, 0.3) is 38.0 Å². The minimum atomic E-state index is -3.29. The van der Waals surface area contributed by atoms with Crippen LogP contribution < -0.4 is 14.7 Å². The molecule has 0 amide bonds. The highest BCUT2D eigenvalue weighted by Gasteiger charge is 2.30. The summed E-state index contributed by atoms with van der Waals surface area (Å²) >= 11 is 1.26. The largest absolute Gasteiger partial charge is 0.493 e. The van der Waals surface area contributed by atoms with E-state index in [-0.39, 0.29) is 5.75 Å². The number of hydrogen-bond donors (Lipinski definition) is 0. The zero-order valence-corrected chi connectivity index (χ0v) is 21.1. The minimum Gasteiger partial charge on any atom is -0.493 e. The van der Waals surface area contributed by atoms with Crippen LogP contribution in [-0.2, 0) is 9.84 Å². The molecule has 7 rings (SSSR count). The maximum atomic E-state index is 13.1. The van der Waals surface area contributed by atoms with Crippen LogP contribution in [0, 0.1) is 0 Å². The highest BCUT2D eigenvalue weighted by molar-refractivity contribution is 7.90. The standard InChI is InChI=1S/C27H18N2O6S2/c1-37(31,32)24-4-7-33-21-12-22-14(9-18(21)24)11-23(36-22)27(30)35-16-8-15-10-19-17(2-5-28-19)26-25(15)20(34-13-16)3-6-29-26/h2-3,5-6,8-13,24H,4,7H2,1H3. The Balaban J connectivity index is 1.28. The van der Waals surface area contributed by atoms with E-state index in [2.05, 4.69) is 9.98 Å². The second-order valence-corrected chi connectivity index (χ2v) is 12.4. The first-order chi connectivity index (χ1) is 17.8. The Labute approximate surface area is 214 Å². The summed E-state index contributed by atoms with van der Waals surface area (Å²) in [5.41, 5.74) is 2.79. The summed E-state index contributed by atoms with van der Waals surface area (Å²) in [5.74, 6) is 0.236. The van der Waals surface area contributed by atoms with E-state index in [0.29, 0.717) is 34.8 Å². The van der Waals surface area contributed by atoms with Gasteiger partial charge in [0.1, 0.15) is 22.5 Å². The number of aromatic nitrogens is 1. The maximum absolute atomic E-state index is 13.1. The Morgan fingerprint density at radius 3 is 2.92 bits per heavy atom. The molecule has 0 aliphatic carbocycles. The third-order valence-electron chi connectivity index (χ3n) is 6.64. The van der Waals surface area contributed by atoms with Crippen molar-refractivity contribution >= 4 is 77.1 Å². The number of esters is 1. The number of rotatable bonds is 3. The van der Waals surface area contributed by atoms with Crippen LogP contribution in [0.3, 0.4) is 0 Å². The average Bonchev–Trinajstić information content (AvgIpc) is 3.47. The lowest BCUT2D eigenvalue weighted by Gasteiger charge is -2.24. The fourth-order valence-corrected chi connectivity index (χ4v) is 7.10. The van der Waals surface area contributed by atoms with Gasteiger partial charge in [-0.05, 0) is 53.2 Å². The fourth-order valence-electron chi connectivity index (χ4n) is 4.98. The molecule has 2 aliphatic heterocycles. The van der Waals surface area contributed by atoms with E-state index < -0.39 is 21.1 Å². The third kappa shape index (κ3) is 3.63. The van der Waals surface area contributed by atoms with Crippen molar-refractivity contribution in [2.45, 2.75) is 11.7 Å². The van der Waals surface area contributed by atoms with E-state index in [1.165, 1.54) is 23.9 Å². The Morgan fingerprint density at radius 1 is 1.16 bits per heavy atom. The number of sulfone groups is 1. The molecule has 0 saturated carbocycles. The van der Waals surface area contributed by atoms with Gasteiger partial charge in [0.05, 0.1) is 28.4 Å². The van der Waals surface area contributed by atoms with Gasteiger partial charge in [-0.3, -0.25) is 9.98 Å². The molecule has 2 aromatic carbocycles. The molecular formula is C27H18N2O6S2. The van der Waals surface area contributed by atoms with Crippen LogP contribution in [0.4, 0.5) is 5.69 Å². The van der Waals surface area contributed by atoms with Crippen LogP contribution in [0.5, 0.6) is 11.5 Å². The number of fused-ring (bicyclic) bond motifs is 4. The molecule has 3 aromatic heterocycles. The molecule has 0 spiro atoms. The maximum Gasteiger partial charge on any atom is 0.353 e. The zero-order chi connectivity index (χ0) is 25.3. The van der Waals surface area contributed by atoms with E-state index in [1.54, 1.807) is 42.7 Å². The molecule has 0 N–H and O–H groups in total. The van der Waals surface area contributed by atoms with Gasteiger partial charge in [0, 0.05) is 40.6 Å². The van der Waals surface area contributed by atoms with E-state index in [4.69, 9.17) is 13.9 Å². The predicted molar refractivity (Wildman–Crippen MR) is 143 cm³/mol. The molecule has 0 saturated heterocycles. The molecule has 0 radical (unpaired) electrons. The second kappa shape index (κ2) is 7.99. The quantitative estimate of drug-likeness (QED) is 0.300. The van der Waals surface area contributed by atoms with Gasteiger partial charge in [0.2, 0.25) is 0 Å². The molecule has 37 heavy (non-hydrogen) atoms. The number of aliphatic imine (C=N–C) groups is 1. The van der Waals surface area contributed by atoms with Crippen LogP contribution in [0.1, 0.15) is 26.9 Å². The lowest BCUT2D eigenvalue weighted by molar-refractivity contribution is 0.0737. The van der Waals surface area contributed by atoms with E-state index in [9.17, 15) is 13.2 Å². The van der Waals surface area contributed by atoms with Gasteiger partial charge in [-0.1, -0.05) is 0 Å². The molecule has 8 nitrogen and oxygen atoms in total. The van der Waals surface area contributed by atoms with Gasteiger partial charge in [0.15, 0.2) is 15.6 Å². The number of benzene rings is 2. The first-order valence-electron chi connectivity index (χ1n) is 11.5. The Morgan fingerprint density at radius 2 is 2.05 bits per heavy atom. The fraction of sp³-hybridized carbons (Fsp3) is 0.148. The number of ether oxygens (including phenoxy) is 2. The Bertz CT molecular complexity index is 2000. The molecule has 5 heterocycles. The number of thiophene rings is 1. The zero-order valence-electron chi connectivity index (χ0n) is 19.4. The normalized spacial score (nSPS) is 16.4. The van der Waals surface area contributed by atoms with Gasteiger partial charge in [-0.15, -0.1) is 11.3 Å². The highest BCUT2D eigenvalue weighted by Crippen LogP contribution is 2.41. The monoisotopic (exact) mass is 530 g/mol. The van der Waals surface area contributed by atoms with Gasteiger partial charge < -0.3 is 13.9 Å². The van der Waals surface area contributed by atoms with Crippen molar-refractivity contribution < 1.29 is 27.1 Å². The van der Waals surface area contributed by atoms with E-state index in [1.807, 2.05) is 12.1 Å². The lowest BCUT2D eigenvalue weighted by Crippen LogP contribution is -2.20. The summed E-state index contributed by atoms with van der Waals surface area (Å²) in [6.07, 6.45) is 8.35. The molecular weight excluding hydrogens is 512 g/mol. The summed E-state index contributed by atoms with van der Waals surface area (Å²) in [6.45, 7) is 0.331. The van der Waals surface area contributed by atoms with Crippen molar-refractivity contribution in [3.05, 3.63) is 64.5 Å². The van der Waals surface area contributed by atoms with Gasteiger partial charge in [-0.25, -0.2) is 13.2 Å². The van der Waals surface area contributed by atoms with Crippen molar-refractivity contribution in [2.75, 3.05) is 12.9 Å². The molecule has 0 bridgehead atoms. The molecule has 2 aliphatic rings. The first kappa shape index (κ1) is 22.2. The van der Waals surface area contributed by atoms with Gasteiger partial charge in [-0.2, -0.15) is 0 Å². The van der Waals surface area contributed by atoms with Crippen molar-refractivity contribution in [2.24, 2.45) is 4.99 Å². The first-order valence-corrected chi connectivity index (χ1v) is 14.3. The summed E-state index contributed by atoms with van der Waals surface area (Å²) in [4.78, 5) is 22.4. The summed E-state index contributed by atoms with van der Waals surface area (Å²) in [7, 11) is -3.29. The van der Waals surface area contributed by atoms with Crippen LogP contribution >= 0.6 is 11.3 Å². The molecule has 184 valence electrons. The minimum absolute atomic E-state index is 0.241. The molecule has 0 fully saturated rings. The van der Waals surface area contributed by atoms with Crippen molar-refractivity contribution in [3.63, 3.8) is 0 Å². The highest BCUT2D eigenvalue weighted by atomic mass is 32.2. The predicted octanol–water partition coefficient (Wildman–Crippen LogP) is 5.06. The van der Waals surface area contributed by atoms with Gasteiger partial charge >= 0.3 is 5.97 Å². The molecule has 1 unspecified atom stereocenters. The summed E-state index contributed by atoms with van der Waals surface area (Å²) in [5, 5.41) is 2.67. The van der Waals surface area contributed by atoms with Crippen molar-refractivity contribution in [1.82, 2.24) is 4.98 Å². The van der Waals surface area contributed by atoms with Gasteiger partial charge in [0.25, 0.3) is 0 Å². The number of hydrogen-bond acceptors (Lipinski definition) is 9. The summed E-state index contributed by atoms with van der Waals surface area (Å²) in [6, 6.07) is 10.7. The Kier molecular flexibility index (Phi) is 4.79. The molecule has 5 aromatic rings. The second-order valence-electron chi connectivity index (χ2n) is 9.04. The number of pyridine rings is 1. The van der Waals surface area contributed by atoms with Crippen molar-refractivity contribution in [3.8, 4) is 11.5 Å². The lowest BCUT2D eigenvalue weighted by atomic mass is 10.0. The van der Waals surface area contributed by atoms with E-state index in [0.717, 1.165) is 37.3 Å². The molecule has 1 atom stereocenters.